The minimum Gasteiger partial charge on any atom is -0.475 e. The molecule has 3 aromatic heterocycles. The van der Waals surface area contributed by atoms with Crippen molar-refractivity contribution in [2.45, 2.75) is 50.0 Å². The highest BCUT2D eigenvalue weighted by Crippen LogP contribution is 2.41. The zero-order valence-electron chi connectivity index (χ0n) is 24.8. The molecule has 5 heterocycles. The average molecular weight is 726 g/mol. The zero-order valence-corrected chi connectivity index (χ0v) is 25.7. The Labute approximate surface area is 268 Å². The van der Waals surface area contributed by atoms with Gasteiger partial charge >= 0.3 is 36.4 Å². The van der Waals surface area contributed by atoms with E-state index < -0.39 is 36.4 Å². The molecule has 13 nitrogen and oxygen atoms in total. The molecule has 3 aromatic rings. The number of carboxylic acid groups (broad SMARTS) is 3. The van der Waals surface area contributed by atoms with Gasteiger partial charge in [-0.2, -0.15) is 44.6 Å². The van der Waals surface area contributed by atoms with Gasteiger partial charge in [0.25, 0.3) is 0 Å². The lowest BCUT2D eigenvalue weighted by molar-refractivity contribution is -0.193. The van der Waals surface area contributed by atoms with Crippen LogP contribution in [0.4, 0.5) is 39.5 Å². The van der Waals surface area contributed by atoms with Gasteiger partial charge < -0.3 is 19.9 Å². The highest BCUT2D eigenvalue weighted by Gasteiger charge is 2.46. The van der Waals surface area contributed by atoms with Crippen molar-refractivity contribution in [2.75, 3.05) is 26.7 Å². The summed E-state index contributed by atoms with van der Waals surface area (Å²) in [6, 6.07) is 0. The lowest BCUT2D eigenvalue weighted by Crippen LogP contribution is -2.56. The Bertz CT molecular complexity index is 1460. The summed E-state index contributed by atoms with van der Waals surface area (Å²) in [7, 11) is 4.23. The number of thiazole rings is 1. The van der Waals surface area contributed by atoms with Gasteiger partial charge in [0.2, 0.25) is 0 Å². The number of nitrogens with zero attached hydrogens (tertiary/aromatic N) is 7. The fourth-order valence-electron chi connectivity index (χ4n) is 4.60. The number of piperidine rings is 1. The second kappa shape index (κ2) is 15.8. The molecule has 0 aliphatic carbocycles. The molecule has 1 fully saturated rings. The fraction of sp³-hybridized carbons (Fsp3) is 0.520. The van der Waals surface area contributed by atoms with E-state index in [-0.39, 0.29) is 5.54 Å². The van der Waals surface area contributed by atoms with Crippen LogP contribution in [0, 0.1) is 0 Å². The number of aromatic nitrogens is 5. The number of carbonyl (C=O) groups is 3. The van der Waals surface area contributed by atoms with Gasteiger partial charge in [-0.1, -0.05) is 0 Å². The second-order valence-corrected chi connectivity index (χ2v) is 11.1. The number of imidazole rings is 1. The molecule has 23 heteroatoms. The number of alkyl halides is 9. The molecule has 0 saturated carbocycles. The molecule has 268 valence electrons. The van der Waals surface area contributed by atoms with Crippen LogP contribution in [-0.2, 0) is 40.1 Å². The molecule has 5 rings (SSSR count). The van der Waals surface area contributed by atoms with E-state index in [0.717, 1.165) is 51.1 Å². The molecule has 3 N–H and O–H groups in total. The SMILES string of the molecule is CN1CCn2c(-c3cnn(C)c3)cnc2C12CCN(Cc1nccs1)CC2.O=C(O)C(F)(F)F.O=C(O)C(F)(F)F.O=C(O)C(F)(F)F. The third kappa shape index (κ3) is 10.9. The van der Waals surface area contributed by atoms with E-state index in [2.05, 4.69) is 43.1 Å². The molecule has 2 aliphatic rings. The summed E-state index contributed by atoms with van der Waals surface area (Å²) < 4.78 is 99.5. The van der Waals surface area contributed by atoms with E-state index in [1.54, 1.807) is 11.3 Å². The van der Waals surface area contributed by atoms with Gasteiger partial charge in [-0.3, -0.25) is 14.5 Å². The normalized spacial score (nSPS) is 16.3. The molecule has 48 heavy (non-hydrogen) atoms. The van der Waals surface area contributed by atoms with Crippen LogP contribution in [0.5, 0.6) is 0 Å². The van der Waals surface area contributed by atoms with Crippen molar-refractivity contribution in [3.05, 3.63) is 41.0 Å². The van der Waals surface area contributed by atoms with Crippen molar-refractivity contribution >= 4 is 29.2 Å². The summed E-state index contributed by atoms with van der Waals surface area (Å²) in [5.41, 5.74) is 2.38. The van der Waals surface area contributed by atoms with Gasteiger partial charge in [-0.15, -0.1) is 11.3 Å². The Morgan fingerprint density at radius 3 is 1.71 bits per heavy atom. The van der Waals surface area contributed by atoms with Crippen LogP contribution in [0.15, 0.2) is 30.2 Å². The van der Waals surface area contributed by atoms with E-state index in [4.69, 9.17) is 34.7 Å². The smallest absolute Gasteiger partial charge is 0.475 e. The minimum atomic E-state index is -5.08. The first-order valence-electron chi connectivity index (χ1n) is 13.3. The van der Waals surface area contributed by atoms with Crippen LogP contribution in [0.2, 0.25) is 0 Å². The number of halogens is 9. The summed E-state index contributed by atoms with van der Waals surface area (Å²) in [5.74, 6) is -7.04. The molecular weight excluding hydrogens is 697 g/mol. The third-order valence-electron chi connectivity index (χ3n) is 6.92. The zero-order chi connectivity index (χ0) is 36.7. The maximum Gasteiger partial charge on any atom is 0.490 e. The van der Waals surface area contributed by atoms with Crippen molar-refractivity contribution in [3.8, 4) is 11.3 Å². The highest BCUT2D eigenvalue weighted by atomic mass is 32.1. The number of fused-ring (bicyclic) bond motifs is 2. The lowest BCUT2D eigenvalue weighted by atomic mass is 9.83. The van der Waals surface area contributed by atoms with Gasteiger partial charge in [-0.05, 0) is 19.9 Å². The molecule has 1 spiro atoms. The van der Waals surface area contributed by atoms with Gasteiger partial charge in [0.15, 0.2) is 0 Å². The van der Waals surface area contributed by atoms with Crippen LogP contribution in [-0.4, -0.2) is 113 Å². The summed E-state index contributed by atoms with van der Waals surface area (Å²) in [6.07, 6.45) is -5.08. The molecule has 0 amide bonds. The average Bonchev–Trinajstić information content (AvgIpc) is 3.73. The van der Waals surface area contributed by atoms with Crippen LogP contribution in [0.25, 0.3) is 11.3 Å². The Morgan fingerprint density at radius 2 is 1.31 bits per heavy atom. The molecule has 0 bridgehead atoms. The van der Waals surface area contributed by atoms with Crippen LogP contribution in [0.3, 0.4) is 0 Å². The van der Waals surface area contributed by atoms with Gasteiger partial charge in [0.05, 0.1) is 30.2 Å². The van der Waals surface area contributed by atoms with Crippen molar-refractivity contribution in [2.24, 2.45) is 7.05 Å². The van der Waals surface area contributed by atoms with Crippen LogP contribution < -0.4 is 0 Å². The summed E-state index contributed by atoms with van der Waals surface area (Å²) >= 11 is 1.75. The summed E-state index contributed by atoms with van der Waals surface area (Å²) in [5, 5.41) is 29.0. The minimum absolute atomic E-state index is 0.0398. The Balaban J connectivity index is 0.000000313. The van der Waals surface area contributed by atoms with Crippen LogP contribution >= 0.6 is 11.3 Å². The van der Waals surface area contributed by atoms with E-state index in [9.17, 15) is 39.5 Å². The number of aliphatic carboxylic acids is 3. The lowest BCUT2D eigenvalue weighted by Gasteiger charge is -2.49. The predicted octanol–water partition coefficient (Wildman–Crippen LogP) is 4.08. The van der Waals surface area contributed by atoms with Crippen molar-refractivity contribution in [1.82, 2.24) is 34.1 Å². The van der Waals surface area contributed by atoms with Gasteiger partial charge in [0, 0.05) is 56.6 Å². The molecule has 1 saturated heterocycles. The largest absolute Gasteiger partial charge is 0.490 e. The molecule has 0 unspecified atom stereocenters. The maximum atomic E-state index is 10.6. The van der Waals surface area contributed by atoms with Crippen LogP contribution in [0.1, 0.15) is 23.7 Å². The number of likely N-dealkylation sites (tertiary alicyclic amines) is 1. The first kappa shape index (κ1) is 39.9. The fourth-order valence-corrected chi connectivity index (χ4v) is 5.26. The first-order valence-corrected chi connectivity index (χ1v) is 14.1. The third-order valence-corrected chi connectivity index (χ3v) is 7.68. The molecule has 0 radical (unpaired) electrons. The number of carboxylic acids is 3. The number of aryl methyl sites for hydroxylation is 1. The predicted molar refractivity (Wildman–Crippen MR) is 146 cm³/mol. The summed E-state index contributed by atoms with van der Waals surface area (Å²) in [6.45, 7) is 5.18. The molecular formula is C25H28F9N7O6S. The van der Waals surface area contributed by atoms with Gasteiger partial charge in [0.1, 0.15) is 10.8 Å². The number of rotatable bonds is 3. The molecule has 0 aromatic carbocycles. The Kier molecular flexibility index (Phi) is 13.1. The monoisotopic (exact) mass is 725 g/mol. The quantitative estimate of drug-likeness (QED) is 0.333. The summed E-state index contributed by atoms with van der Waals surface area (Å²) in [4.78, 5) is 41.1. The number of likely N-dealkylation sites (N-methyl/N-ethyl adjacent to an activating group) is 1. The topological polar surface area (TPSA) is 167 Å². The molecule has 2 aliphatic heterocycles. The van der Waals surface area contributed by atoms with E-state index in [1.165, 1.54) is 16.5 Å². The maximum absolute atomic E-state index is 10.6. The van der Waals surface area contributed by atoms with E-state index in [1.807, 2.05) is 30.3 Å². The standard InChI is InChI=1S/C19H25N7S.3C2HF3O2/c1-23-8-9-26-16(15-11-22-24(2)13-15)12-21-18(26)19(23)3-6-25(7-4-19)14-17-20-5-10-27-17;3*3-2(4,5)1(6)7/h5,10-13H,3-4,6-9,14H2,1-2H3;3*(H,6,7). The highest BCUT2D eigenvalue weighted by molar-refractivity contribution is 7.09. The number of hydrogen-bond acceptors (Lipinski definition) is 9. The Hall–Kier alpha value is -4.25. The molecule has 0 atom stereocenters. The van der Waals surface area contributed by atoms with Crippen molar-refractivity contribution in [1.29, 1.82) is 0 Å². The number of hydrogen-bond donors (Lipinski definition) is 3. The first-order chi connectivity index (χ1) is 22.0. The second-order valence-electron chi connectivity index (χ2n) is 10.1. The Morgan fingerprint density at radius 1 is 0.812 bits per heavy atom. The van der Waals surface area contributed by atoms with Crippen molar-refractivity contribution < 1.29 is 69.2 Å². The van der Waals surface area contributed by atoms with Gasteiger partial charge in [-0.25, -0.2) is 24.4 Å². The van der Waals surface area contributed by atoms with E-state index in [0.29, 0.717) is 0 Å². The van der Waals surface area contributed by atoms with E-state index >= 15 is 0 Å². The van der Waals surface area contributed by atoms with Crippen molar-refractivity contribution in [3.63, 3.8) is 0 Å².